The third-order valence-corrected chi connectivity index (χ3v) is 3.92. The molecule has 82 valence electrons. The molecule has 0 aliphatic heterocycles. The van der Waals surface area contributed by atoms with Crippen LogP contribution >= 0.6 is 11.6 Å². The number of hydrogen-bond donors (Lipinski definition) is 0. The molecule has 0 aromatic rings. The number of rotatable bonds is 3. The molecular formula is C13H17ClO. The average molecular weight is 225 g/mol. The molecule has 0 fully saturated rings. The molecule has 2 atom stereocenters. The van der Waals surface area contributed by atoms with E-state index in [1.54, 1.807) is 0 Å². The minimum atomic E-state index is -0.204. The number of alkyl halides is 1. The van der Waals surface area contributed by atoms with E-state index in [0.717, 1.165) is 12.8 Å². The number of halogens is 1. The lowest BCUT2D eigenvalue weighted by molar-refractivity contribution is -0.131. The molecule has 0 heterocycles. The predicted molar refractivity (Wildman–Crippen MR) is 62.9 cm³/mol. The Balaban J connectivity index is 2.23. The van der Waals surface area contributed by atoms with E-state index in [2.05, 4.69) is 18.2 Å². The van der Waals surface area contributed by atoms with Crippen molar-refractivity contribution in [2.75, 3.05) is 5.88 Å². The Morgan fingerprint density at radius 1 is 1.40 bits per heavy atom. The first-order valence-corrected chi connectivity index (χ1v) is 6.10. The Labute approximate surface area is 96.2 Å². The van der Waals surface area contributed by atoms with Gasteiger partial charge < -0.3 is 0 Å². The standard InChI is InChI=1S/C13H17ClO/c1-13(2)10-5-6-11(12(13)15)9(8-10)4-3-7-14/h5-6,8,10-11H,3-4,7H2,1-2H3. The highest BCUT2D eigenvalue weighted by atomic mass is 35.5. The predicted octanol–water partition coefficient (Wildman–Crippen LogP) is 3.34. The fourth-order valence-corrected chi connectivity index (χ4v) is 2.66. The minimum absolute atomic E-state index is 0.0354. The van der Waals surface area contributed by atoms with Crippen LogP contribution in [0.25, 0.3) is 0 Å². The Bertz CT molecular complexity index is 338. The molecule has 0 saturated carbocycles. The van der Waals surface area contributed by atoms with Gasteiger partial charge >= 0.3 is 0 Å². The van der Waals surface area contributed by atoms with E-state index in [-0.39, 0.29) is 11.3 Å². The quantitative estimate of drug-likeness (QED) is 0.531. The lowest BCUT2D eigenvalue weighted by Crippen LogP contribution is -2.43. The molecule has 15 heavy (non-hydrogen) atoms. The van der Waals surface area contributed by atoms with E-state index in [1.165, 1.54) is 5.57 Å². The maximum Gasteiger partial charge on any atom is 0.150 e. The highest BCUT2D eigenvalue weighted by Crippen LogP contribution is 2.45. The van der Waals surface area contributed by atoms with Crippen molar-refractivity contribution >= 4 is 17.4 Å². The molecule has 2 heteroatoms. The molecule has 3 aliphatic rings. The van der Waals surface area contributed by atoms with Crippen LogP contribution < -0.4 is 0 Å². The fourth-order valence-electron chi connectivity index (χ4n) is 2.52. The highest BCUT2D eigenvalue weighted by molar-refractivity contribution is 6.17. The van der Waals surface area contributed by atoms with Crippen LogP contribution in [0.15, 0.2) is 23.8 Å². The van der Waals surface area contributed by atoms with E-state index in [9.17, 15) is 4.79 Å². The second-order valence-electron chi connectivity index (χ2n) is 5.01. The maximum absolute atomic E-state index is 12.2. The lowest BCUT2D eigenvalue weighted by Gasteiger charge is -2.41. The molecule has 1 nitrogen and oxygen atoms in total. The van der Waals surface area contributed by atoms with E-state index in [0.29, 0.717) is 17.6 Å². The summed E-state index contributed by atoms with van der Waals surface area (Å²) >= 11 is 5.69. The van der Waals surface area contributed by atoms with Gasteiger partial charge in [0.2, 0.25) is 0 Å². The normalized spacial score (nSPS) is 31.9. The number of Topliss-reactive ketones (excluding diaryl/α,β-unsaturated/α-hetero) is 1. The van der Waals surface area contributed by atoms with Gasteiger partial charge in [-0.25, -0.2) is 0 Å². The molecule has 3 aliphatic carbocycles. The van der Waals surface area contributed by atoms with Crippen molar-refractivity contribution in [3.8, 4) is 0 Å². The van der Waals surface area contributed by atoms with Crippen LogP contribution in [-0.2, 0) is 4.79 Å². The Kier molecular flexibility index (Phi) is 2.76. The van der Waals surface area contributed by atoms with Gasteiger partial charge in [-0.2, -0.15) is 0 Å². The van der Waals surface area contributed by atoms with E-state index < -0.39 is 0 Å². The van der Waals surface area contributed by atoms with Gasteiger partial charge in [0.05, 0.1) is 5.92 Å². The van der Waals surface area contributed by atoms with Crippen molar-refractivity contribution < 1.29 is 4.79 Å². The highest BCUT2D eigenvalue weighted by Gasteiger charge is 2.45. The summed E-state index contributed by atoms with van der Waals surface area (Å²) < 4.78 is 0. The van der Waals surface area contributed by atoms with Gasteiger partial charge in [-0.15, -0.1) is 11.6 Å². The number of carbonyl (C=O) groups excluding carboxylic acids is 1. The van der Waals surface area contributed by atoms with E-state index in [1.807, 2.05) is 13.8 Å². The Morgan fingerprint density at radius 3 is 2.73 bits per heavy atom. The SMILES string of the molecule is CC1(C)C(=O)C2C=CC1C=C2CCCCl. The molecule has 0 amide bonds. The second-order valence-corrected chi connectivity index (χ2v) is 5.39. The summed E-state index contributed by atoms with van der Waals surface area (Å²) in [5.74, 6) is 1.38. The van der Waals surface area contributed by atoms with E-state index >= 15 is 0 Å². The lowest BCUT2D eigenvalue weighted by atomic mass is 9.61. The summed E-state index contributed by atoms with van der Waals surface area (Å²) in [6, 6.07) is 0. The zero-order valence-electron chi connectivity index (χ0n) is 9.29. The summed E-state index contributed by atoms with van der Waals surface area (Å²) in [6.45, 7) is 4.09. The molecule has 2 bridgehead atoms. The first kappa shape index (κ1) is 10.9. The topological polar surface area (TPSA) is 17.1 Å². The summed E-state index contributed by atoms with van der Waals surface area (Å²) in [5.41, 5.74) is 1.08. The van der Waals surface area contributed by atoms with Gasteiger partial charge in [0.15, 0.2) is 0 Å². The van der Waals surface area contributed by atoms with Crippen LogP contribution in [0.5, 0.6) is 0 Å². The largest absolute Gasteiger partial charge is 0.298 e. The summed E-state index contributed by atoms with van der Waals surface area (Å²) in [7, 11) is 0. The third kappa shape index (κ3) is 1.67. The zero-order valence-corrected chi connectivity index (χ0v) is 10.1. The molecule has 0 aromatic carbocycles. The second kappa shape index (κ2) is 3.79. The van der Waals surface area contributed by atoms with Crippen molar-refractivity contribution in [2.24, 2.45) is 17.3 Å². The monoisotopic (exact) mass is 224 g/mol. The average Bonchev–Trinajstić information content (AvgIpc) is 2.22. The number of carbonyl (C=O) groups is 1. The molecule has 3 rings (SSSR count). The fraction of sp³-hybridized carbons (Fsp3) is 0.615. The molecule has 0 spiro atoms. The van der Waals surface area contributed by atoms with Crippen LogP contribution in [0, 0.1) is 17.3 Å². The van der Waals surface area contributed by atoms with Crippen molar-refractivity contribution in [1.29, 1.82) is 0 Å². The van der Waals surface area contributed by atoms with Gasteiger partial charge in [0.25, 0.3) is 0 Å². The van der Waals surface area contributed by atoms with Crippen LogP contribution in [0.2, 0.25) is 0 Å². The minimum Gasteiger partial charge on any atom is -0.298 e. The van der Waals surface area contributed by atoms with Gasteiger partial charge in [-0.1, -0.05) is 37.6 Å². The van der Waals surface area contributed by atoms with Gasteiger partial charge in [0, 0.05) is 17.2 Å². The summed E-state index contributed by atoms with van der Waals surface area (Å²) in [4.78, 5) is 12.2. The smallest absolute Gasteiger partial charge is 0.150 e. The number of hydrogen-bond acceptors (Lipinski definition) is 1. The van der Waals surface area contributed by atoms with Crippen molar-refractivity contribution in [3.05, 3.63) is 23.8 Å². The number of fused-ring (bicyclic) bond motifs is 1. The zero-order chi connectivity index (χ0) is 11.1. The molecule has 0 radical (unpaired) electrons. The van der Waals surface area contributed by atoms with Crippen LogP contribution in [0.3, 0.4) is 0 Å². The van der Waals surface area contributed by atoms with Gasteiger partial charge in [0.1, 0.15) is 5.78 Å². The van der Waals surface area contributed by atoms with Crippen molar-refractivity contribution in [3.63, 3.8) is 0 Å². The van der Waals surface area contributed by atoms with Gasteiger partial charge in [-0.05, 0) is 12.8 Å². The van der Waals surface area contributed by atoms with Gasteiger partial charge in [-0.3, -0.25) is 4.79 Å². The van der Waals surface area contributed by atoms with Crippen LogP contribution in [0.4, 0.5) is 0 Å². The molecule has 0 saturated heterocycles. The summed E-state index contributed by atoms with van der Waals surface area (Å²) in [6.07, 6.45) is 8.46. The molecule has 2 unspecified atom stereocenters. The van der Waals surface area contributed by atoms with Crippen LogP contribution in [-0.4, -0.2) is 11.7 Å². The van der Waals surface area contributed by atoms with Crippen LogP contribution in [0.1, 0.15) is 26.7 Å². The van der Waals surface area contributed by atoms with Crippen molar-refractivity contribution in [1.82, 2.24) is 0 Å². The third-order valence-electron chi connectivity index (χ3n) is 3.65. The Hall–Kier alpha value is -0.560. The maximum atomic E-state index is 12.2. The molecule has 0 N–H and O–H groups in total. The Morgan fingerprint density at radius 2 is 2.13 bits per heavy atom. The first-order valence-electron chi connectivity index (χ1n) is 5.56. The number of allylic oxidation sites excluding steroid dienone is 4. The first-order chi connectivity index (χ1) is 7.07. The molecule has 0 aromatic heterocycles. The number of ketones is 1. The molecular weight excluding hydrogens is 208 g/mol. The van der Waals surface area contributed by atoms with E-state index in [4.69, 9.17) is 11.6 Å². The van der Waals surface area contributed by atoms with Crippen molar-refractivity contribution in [2.45, 2.75) is 26.7 Å². The summed E-state index contributed by atoms with van der Waals surface area (Å²) in [5, 5.41) is 0.